The van der Waals surface area contributed by atoms with Crippen LogP contribution in [0.25, 0.3) is 0 Å². The zero-order valence-electron chi connectivity index (χ0n) is 13.4. The zero-order valence-corrected chi connectivity index (χ0v) is 15.7. The number of carbonyl (C=O) groups excluding carboxylic acids is 1. The molecule has 4 nitrogen and oxygen atoms in total. The summed E-state index contributed by atoms with van der Waals surface area (Å²) >= 11 is 17.5. The molecule has 0 saturated carbocycles. The van der Waals surface area contributed by atoms with Gasteiger partial charge in [0.25, 0.3) is 5.91 Å². The lowest BCUT2D eigenvalue weighted by Crippen LogP contribution is -2.34. The minimum absolute atomic E-state index is 0.225. The van der Waals surface area contributed by atoms with Crippen LogP contribution < -0.4 is 15.5 Å². The van der Waals surface area contributed by atoms with Crippen molar-refractivity contribution in [2.24, 2.45) is 0 Å². The van der Waals surface area contributed by atoms with E-state index in [0.717, 1.165) is 37.3 Å². The summed E-state index contributed by atoms with van der Waals surface area (Å²) in [5, 5.41) is 7.23. The Bertz CT molecular complexity index is 789. The van der Waals surface area contributed by atoms with Crippen LogP contribution in [0.3, 0.4) is 0 Å². The first-order valence-electron chi connectivity index (χ1n) is 7.96. The molecule has 0 aromatic heterocycles. The van der Waals surface area contributed by atoms with Gasteiger partial charge in [0.1, 0.15) is 0 Å². The Labute approximate surface area is 162 Å². The Balaban J connectivity index is 1.71. The number of amides is 1. The molecule has 7 heteroatoms. The summed E-state index contributed by atoms with van der Waals surface area (Å²) in [6.45, 7) is 1.92. The van der Waals surface area contributed by atoms with Gasteiger partial charge in [0.05, 0.1) is 16.4 Å². The quantitative estimate of drug-likeness (QED) is 0.740. The lowest BCUT2D eigenvalue weighted by atomic mass is 10.2. The summed E-state index contributed by atoms with van der Waals surface area (Å²) in [6, 6.07) is 12.2. The SMILES string of the molecule is O=C(NC(=S)Nc1cccc(Cl)c1N1CCCC1)c1ccc(Cl)cc1. The molecule has 0 atom stereocenters. The number of para-hydroxylation sites is 1. The predicted molar refractivity (Wildman–Crippen MR) is 108 cm³/mol. The summed E-state index contributed by atoms with van der Waals surface area (Å²) < 4.78 is 0. The first-order chi connectivity index (χ1) is 12.0. The van der Waals surface area contributed by atoms with Gasteiger partial charge in [-0.3, -0.25) is 10.1 Å². The molecule has 1 saturated heterocycles. The van der Waals surface area contributed by atoms with E-state index in [-0.39, 0.29) is 11.0 Å². The summed E-state index contributed by atoms with van der Waals surface area (Å²) in [6.07, 6.45) is 2.28. The van der Waals surface area contributed by atoms with Gasteiger partial charge >= 0.3 is 0 Å². The smallest absolute Gasteiger partial charge is 0.257 e. The molecule has 1 fully saturated rings. The second-order valence-electron chi connectivity index (χ2n) is 5.75. The Morgan fingerprint density at radius 2 is 1.72 bits per heavy atom. The van der Waals surface area contributed by atoms with Crippen LogP contribution in [0.1, 0.15) is 23.2 Å². The number of rotatable bonds is 3. The number of thiocarbonyl (C=S) groups is 1. The highest BCUT2D eigenvalue weighted by atomic mass is 35.5. The van der Waals surface area contributed by atoms with E-state index in [1.54, 1.807) is 24.3 Å². The minimum Gasteiger partial charge on any atom is -0.369 e. The average Bonchev–Trinajstić information content (AvgIpc) is 3.09. The molecule has 1 aliphatic heterocycles. The monoisotopic (exact) mass is 393 g/mol. The molecule has 2 aromatic carbocycles. The Kier molecular flexibility index (Phi) is 5.78. The molecule has 0 spiro atoms. The van der Waals surface area contributed by atoms with Gasteiger partial charge in [-0.15, -0.1) is 0 Å². The van der Waals surface area contributed by atoms with E-state index >= 15 is 0 Å². The lowest BCUT2D eigenvalue weighted by Gasteiger charge is -2.23. The molecular formula is C18H17Cl2N3OS. The molecule has 1 amide bonds. The third-order valence-corrected chi connectivity index (χ3v) is 4.75. The van der Waals surface area contributed by atoms with Gasteiger partial charge in [0.15, 0.2) is 5.11 Å². The normalized spacial score (nSPS) is 13.6. The van der Waals surface area contributed by atoms with E-state index in [2.05, 4.69) is 15.5 Å². The minimum atomic E-state index is -0.293. The molecule has 0 radical (unpaired) electrons. The topological polar surface area (TPSA) is 44.4 Å². The highest BCUT2D eigenvalue weighted by Gasteiger charge is 2.19. The number of hydrogen-bond donors (Lipinski definition) is 2. The lowest BCUT2D eigenvalue weighted by molar-refractivity contribution is 0.0978. The van der Waals surface area contributed by atoms with Gasteiger partial charge in [-0.2, -0.15) is 0 Å². The fourth-order valence-electron chi connectivity index (χ4n) is 2.81. The number of carbonyl (C=O) groups is 1. The van der Waals surface area contributed by atoms with Crippen LogP contribution in [0.4, 0.5) is 11.4 Å². The Hall–Kier alpha value is -1.82. The fourth-order valence-corrected chi connectivity index (χ4v) is 3.43. The largest absolute Gasteiger partial charge is 0.369 e. The molecular weight excluding hydrogens is 377 g/mol. The van der Waals surface area contributed by atoms with Crippen molar-refractivity contribution in [2.75, 3.05) is 23.3 Å². The predicted octanol–water partition coefficient (Wildman–Crippen LogP) is 4.72. The second-order valence-corrected chi connectivity index (χ2v) is 7.00. The van der Waals surface area contributed by atoms with Crippen LogP contribution >= 0.6 is 35.4 Å². The van der Waals surface area contributed by atoms with Gasteiger partial charge in [-0.05, 0) is 61.5 Å². The maximum Gasteiger partial charge on any atom is 0.257 e. The van der Waals surface area contributed by atoms with Crippen LogP contribution in [-0.2, 0) is 0 Å². The van der Waals surface area contributed by atoms with E-state index in [4.69, 9.17) is 35.4 Å². The molecule has 1 heterocycles. The van der Waals surface area contributed by atoms with E-state index in [1.165, 1.54) is 0 Å². The third-order valence-electron chi connectivity index (χ3n) is 3.99. The zero-order chi connectivity index (χ0) is 17.8. The average molecular weight is 394 g/mol. The molecule has 2 N–H and O–H groups in total. The van der Waals surface area contributed by atoms with Crippen molar-refractivity contribution in [3.63, 3.8) is 0 Å². The summed E-state index contributed by atoms with van der Waals surface area (Å²) in [4.78, 5) is 14.5. The van der Waals surface area contributed by atoms with Gasteiger partial charge in [0.2, 0.25) is 0 Å². The van der Waals surface area contributed by atoms with Crippen molar-refractivity contribution < 1.29 is 4.79 Å². The number of nitrogens with one attached hydrogen (secondary N) is 2. The molecule has 0 unspecified atom stereocenters. The summed E-state index contributed by atoms with van der Waals surface area (Å²) in [7, 11) is 0. The Morgan fingerprint density at radius 1 is 1.04 bits per heavy atom. The highest BCUT2D eigenvalue weighted by Crippen LogP contribution is 2.35. The van der Waals surface area contributed by atoms with Crippen molar-refractivity contribution >= 4 is 57.8 Å². The van der Waals surface area contributed by atoms with Gasteiger partial charge in [-0.1, -0.05) is 29.3 Å². The number of halogens is 2. The molecule has 0 bridgehead atoms. The first-order valence-corrected chi connectivity index (χ1v) is 9.12. The number of benzene rings is 2. The highest BCUT2D eigenvalue weighted by molar-refractivity contribution is 7.80. The number of nitrogens with zero attached hydrogens (tertiary/aromatic N) is 1. The van der Waals surface area contributed by atoms with Crippen LogP contribution in [0.15, 0.2) is 42.5 Å². The van der Waals surface area contributed by atoms with Crippen LogP contribution in [-0.4, -0.2) is 24.1 Å². The molecule has 3 rings (SSSR count). The number of anilines is 2. The van der Waals surface area contributed by atoms with Crippen molar-refractivity contribution in [3.05, 3.63) is 58.1 Å². The summed E-state index contributed by atoms with van der Waals surface area (Å²) in [5.74, 6) is -0.293. The summed E-state index contributed by atoms with van der Waals surface area (Å²) in [5.41, 5.74) is 2.19. The van der Waals surface area contributed by atoms with Crippen molar-refractivity contribution in [1.29, 1.82) is 0 Å². The second kappa shape index (κ2) is 8.04. The Morgan fingerprint density at radius 3 is 2.40 bits per heavy atom. The first kappa shape index (κ1) is 18.0. The van der Waals surface area contributed by atoms with Crippen molar-refractivity contribution in [2.45, 2.75) is 12.8 Å². The van der Waals surface area contributed by atoms with E-state index in [0.29, 0.717) is 15.6 Å². The van der Waals surface area contributed by atoms with E-state index in [9.17, 15) is 4.79 Å². The standard InChI is InChI=1S/C18H17Cl2N3OS/c19-13-8-6-12(7-9-13)17(24)22-18(25)21-15-5-3-4-14(20)16(15)23-10-1-2-11-23/h3-9H,1-2,10-11H2,(H2,21,22,24,25). The maximum atomic E-state index is 12.2. The van der Waals surface area contributed by atoms with Gasteiger partial charge in [0, 0.05) is 23.7 Å². The van der Waals surface area contributed by atoms with Crippen molar-refractivity contribution in [3.8, 4) is 0 Å². The van der Waals surface area contributed by atoms with E-state index in [1.807, 2.05) is 18.2 Å². The number of hydrogen-bond acceptors (Lipinski definition) is 3. The molecule has 130 valence electrons. The van der Waals surface area contributed by atoms with E-state index < -0.39 is 0 Å². The van der Waals surface area contributed by atoms with Crippen LogP contribution in [0.5, 0.6) is 0 Å². The third kappa shape index (κ3) is 4.42. The van der Waals surface area contributed by atoms with Gasteiger partial charge in [-0.25, -0.2) is 0 Å². The molecule has 1 aliphatic rings. The molecule has 25 heavy (non-hydrogen) atoms. The molecule has 0 aliphatic carbocycles. The van der Waals surface area contributed by atoms with Crippen molar-refractivity contribution in [1.82, 2.24) is 5.32 Å². The van der Waals surface area contributed by atoms with Crippen LogP contribution in [0, 0.1) is 0 Å². The van der Waals surface area contributed by atoms with Gasteiger partial charge < -0.3 is 10.2 Å². The fraction of sp³-hybridized carbons (Fsp3) is 0.222. The molecule has 2 aromatic rings. The maximum absolute atomic E-state index is 12.2. The van der Waals surface area contributed by atoms with Crippen LogP contribution in [0.2, 0.25) is 10.0 Å².